The zero-order chi connectivity index (χ0) is 11.5. The van der Waals surface area contributed by atoms with Crippen LogP contribution in [0.15, 0.2) is 0 Å². The summed E-state index contributed by atoms with van der Waals surface area (Å²) in [5, 5.41) is 12.0. The Balaban J connectivity index is 1.86. The molecule has 0 bridgehead atoms. The van der Waals surface area contributed by atoms with Crippen LogP contribution in [0.1, 0.15) is 38.4 Å². The molecular formula is C11H21N5. The molecule has 0 saturated heterocycles. The molecule has 1 aliphatic carbocycles. The summed E-state index contributed by atoms with van der Waals surface area (Å²) < 4.78 is 0. The van der Waals surface area contributed by atoms with Crippen molar-refractivity contribution in [3.05, 3.63) is 5.82 Å². The van der Waals surface area contributed by atoms with E-state index in [4.69, 9.17) is 5.73 Å². The predicted molar refractivity (Wildman–Crippen MR) is 61.6 cm³/mol. The van der Waals surface area contributed by atoms with Crippen LogP contribution in [0.3, 0.4) is 0 Å². The van der Waals surface area contributed by atoms with Crippen molar-refractivity contribution >= 4 is 0 Å². The lowest BCUT2D eigenvalue weighted by Crippen LogP contribution is -2.31. The minimum Gasteiger partial charge on any atom is -0.327 e. The van der Waals surface area contributed by atoms with Gasteiger partial charge < -0.3 is 5.73 Å². The minimum absolute atomic E-state index is 0.195. The van der Waals surface area contributed by atoms with Gasteiger partial charge >= 0.3 is 0 Å². The molecule has 0 radical (unpaired) electrons. The summed E-state index contributed by atoms with van der Waals surface area (Å²) in [6.45, 7) is 2.27. The smallest absolute Gasteiger partial charge is 0.176 e. The molecule has 90 valence electrons. The standard InChI is InChI=1S/C11H21N5/c1-3-8-4-5-9(6-8)10(12)7-11-13-15-16(2)14-11/h8-10H,3-7,12H2,1-2H3. The lowest BCUT2D eigenvalue weighted by molar-refractivity contribution is 0.400. The first-order valence-corrected chi connectivity index (χ1v) is 6.17. The molecule has 2 N–H and O–H groups in total. The van der Waals surface area contributed by atoms with Crippen molar-refractivity contribution in [1.82, 2.24) is 20.2 Å². The third-order valence-corrected chi connectivity index (χ3v) is 3.73. The quantitative estimate of drug-likeness (QED) is 0.823. The van der Waals surface area contributed by atoms with Crippen LogP contribution < -0.4 is 5.73 Å². The van der Waals surface area contributed by atoms with Gasteiger partial charge in [-0.25, -0.2) is 0 Å². The Kier molecular flexibility index (Phi) is 3.53. The van der Waals surface area contributed by atoms with E-state index in [1.807, 2.05) is 0 Å². The summed E-state index contributed by atoms with van der Waals surface area (Å²) in [7, 11) is 1.78. The fourth-order valence-electron chi connectivity index (χ4n) is 2.66. The van der Waals surface area contributed by atoms with Crippen LogP contribution >= 0.6 is 0 Å². The Morgan fingerprint density at radius 2 is 2.31 bits per heavy atom. The summed E-state index contributed by atoms with van der Waals surface area (Å²) in [5.41, 5.74) is 6.22. The zero-order valence-corrected chi connectivity index (χ0v) is 10.1. The molecule has 0 aromatic carbocycles. The van der Waals surface area contributed by atoms with E-state index in [1.165, 1.54) is 30.5 Å². The number of rotatable bonds is 4. The van der Waals surface area contributed by atoms with E-state index in [0.717, 1.165) is 18.2 Å². The molecule has 3 atom stereocenters. The van der Waals surface area contributed by atoms with Crippen molar-refractivity contribution in [2.75, 3.05) is 0 Å². The largest absolute Gasteiger partial charge is 0.327 e. The van der Waals surface area contributed by atoms with Gasteiger partial charge in [-0.05, 0) is 29.9 Å². The first kappa shape index (κ1) is 11.5. The minimum atomic E-state index is 0.195. The summed E-state index contributed by atoms with van der Waals surface area (Å²) >= 11 is 0. The molecule has 5 heteroatoms. The van der Waals surface area contributed by atoms with Gasteiger partial charge in [-0.15, -0.1) is 10.2 Å². The molecule has 1 aromatic heterocycles. The van der Waals surface area contributed by atoms with Crippen LogP contribution in [-0.2, 0) is 13.5 Å². The molecule has 3 unspecified atom stereocenters. The maximum absolute atomic E-state index is 6.22. The van der Waals surface area contributed by atoms with E-state index in [0.29, 0.717) is 5.92 Å². The van der Waals surface area contributed by atoms with Gasteiger partial charge in [0.2, 0.25) is 0 Å². The van der Waals surface area contributed by atoms with Gasteiger partial charge in [-0.2, -0.15) is 4.80 Å². The van der Waals surface area contributed by atoms with Crippen LogP contribution in [0.5, 0.6) is 0 Å². The maximum atomic E-state index is 6.22. The highest BCUT2D eigenvalue weighted by Gasteiger charge is 2.28. The molecule has 5 nitrogen and oxygen atoms in total. The number of aryl methyl sites for hydroxylation is 1. The molecule has 1 saturated carbocycles. The SMILES string of the molecule is CCC1CCC(C(N)Cc2nnn(C)n2)C1. The van der Waals surface area contributed by atoms with Crippen LogP contribution in [0, 0.1) is 11.8 Å². The molecule has 2 rings (SSSR count). The van der Waals surface area contributed by atoms with Crippen molar-refractivity contribution in [1.29, 1.82) is 0 Å². The van der Waals surface area contributed by atoms with Gasteiger partial charge in [0.1, 0.15) is 0 Å². The summed E-state index contributed by atoms with van der Waals surface area (Å²) in [5.74, 6) is 2.30. The Morgan fingerprint density at radius 3 is 2.88 bits per heavy atom. The number of nitrogens with zero attached hydrogens (tertiary/aromatic N) is 4. The van der Waals surface area contributed by atoms with E-state index in [2.05, 4.69) is 22.3 Å². The van der Waals surface area contributed by atoms with Crippen LogP contribution in [0.4, 0.5) is 0 Å². The van der Waals surface area contributed by atoms with Crippen molar-refractivity contribution < 1.29 is 0 Å². The van der Waals surface area contributed by atoms with Gasteiger partial charge in [0.25, 0.3) is 0 Å². The average molecular weight is 223 g/mol. The van der Waals surface area contributed by atoms with E-state index >= 15 is 0 Å². The highest BCUT2D eigenvalue weighted by molar-refractivity contribution is 4.89. The van der Waals surface area contributed by atoms with E-state index in [9.17, 15) is 0 Å². The second kappa shape index (κ2) is 4.91. The van der Waals surface area contributed by atoms with E-state index in [-0.39, 0.29) is 6.04 Å². The van der Waals surface area contributed by atoms with Gasteiger partial charge in [0.05, 0.1) is 7.05 Å². The highest BCUT2D eigenvalue weighted by Crippen LogP contribution is 2.34. The van der Waals surface area contributed by atoms with Crippen LogP contribution in [0.25, 0.3) is 0 Å². The Labute approximate surface area is 96.4 Å². The third kappa shape index (κ3) is 2.58. The van der Waals surface area contributed by atoms with Crippen LogP contribution in [-0.4, -0.2) is 26.2 Å². The number of tetrazole rings is 1. The molecule has 1 fully saturated rings. The fraction of sp³-hybridized carbons (Fsp3) is 0.909. The second-order valence-electron chi connectivity index (χ2n) is 4.91. The average Bonchev–Trinajstić information content (AvgIpc) is 2.87. The maximum Gasteiger partial charge on any atom is 0.176 e. The summed E-state index contributed by atoms with van der Waals surface area (Å²) in [6, 6.07) is 0.195. The highest BCUT2D eigenvalue weighted by atomic mass is 15.6. The molecule has 16 heavy (non-hydrogen) atoms. The van der Waals surface area contributed by atoms with Crippen molar-refractivity contribution in [2.24, 2.45) is 24.6 Å². The fourth-order valence-corrected chi connectivity index (χ4v) is 2.66. The van der Waals surface area contributed by atoms with Gasteiger partial charge in [0.15, 0.2) is 5.82 Å². The monoisotopic (exact) mass is 223 g/mol. The third-order valence-electron chi connectivity index (χ3n) is 3.73. The molecular weight excluding hydrogens is 202 g/mol. The first-order valence-electron chi connectivity index (χ1n) is 6.17. The molecule has 1 heterocycles. The van der Waals surface area contributed by atoms with Gasteiger partial charge in [-0.3, -0.25) is 0 Å². The Hall–Kier alpha value is -0.970. The molecule has 0 amide bonds. The predicted octanol–water partition coefficient (Wildman–Crippen LogP) is 0.906. The Morgan fingerprint density at radius 1 is 1.50 bits per heavy atom. The second-order valence-corrected chi connectivity index (χ2v) is 4.91. The number of aromatic nitrogens is 4. The van der Waals surface area contributed by atoms with Crippen molar-refractivity contribution in [3.8, 4) is 0 Å². The normalized spacial score (nSPS) is 27.2. The summed E-state index contributed by atoms with van der Waals surface area (Å²) in [6.07, 6.45) is 5.92. The molecule has 1 aromatic rings. The van der Waals surface area contributed by atoms with E-state index < -0.39 is 0 Å². The Bertz CT molecular complexity index is 335. The lowest BCUT2D eigenvalue weighted by Gasteiger charge is -2.17. The number of nitrogens with two attached hydrogens (primary N) is 1. The van der Waals surface area contributed by atoms with E-state index in [1.54, 1.807) is 7.05 Å². The molecule has 1 aliphatic rings. The van der Waals surface area contributed by atoms with Crippen LogP contribution in [0.2, 0.25) is 0 Å². The molecule has 0 aliphatic heterocycles. The lowest BCUT2D eigenvalue weighted by atomic mass is 9.94. The first-order chi connectivity index (χ1) is 7.69. The van der Waals surface area contributed by atoms with Crippen molar-refractivity contribution in [3.63, 3.8) is 0 Å². The number of hydrogen-bond acceptors (Lipinski definition) is 4. The zero-order valence-electron chi connectivity index (χ0n) is 10.1. The van der Waals surface area contributed by atoms with Gasteiger partial charge in [-0.1, -0.05) is 19.8 Å². The van der Waals surface area contributed by atoms with Crippen molar-refractivity contribution in [2.45, 2.75) is 45.1 Å². The topological polar surface area (TPSA) is 69.6 Å². The van der Waals surface area contributed by atoms with Gasteiger partial charge in [0, 0.05) is 12.5 Å². The number of hydrogen-bond donors (Lipinski definition) is 1. The summed E-state index contributed by atoms with van der Waals surface area (Å²) in [4.78, 5) is 1.49. The molecule has 0 spiro atoms.